The minimum absolute atomic E-state index is 0. The number of nitrogens with two attached hydrogens (primary N) is 1. The SMILES string of the molecule is CC1CCC(C)N(C(=O)c2ccc(N)cc2)C1.Cl. The quantitative estimate of drug-likeness (QED) is 0.796. The predicted molar refractivity (Wildman–Crippen MR) is 77.0 cm³/mol. The molecule has 0 aliphatic carbocycles. The Kier molecular flexibility index (Phi) is 5.03. The Morgan fingerprint density at radius 2 is 1.83 bits per heavy atom. The number of likely N-dealkylation sites (tertiary alicyclic amines) is 1. The molecule has 1 aromatic carbocycles. The summed E-state index contributed by atoms with van der Waals surface area (Å²) in [4.78, 5) is 14.3. The van der Waals surface area contributed by atoms with Gasteiger partial charge in [0, 0.05) is 23.8 Å². The van der Waals surface area contributed by atoms with Crippen LogP contribution in [0.2, 0.25) is 0 Å². The molecule has 3 nitrogen and oxygen atoms in total. The van der Waals surface area contributed by atoms with Crippen molar-refractivity contribution >= 4 is 24.0 Å². The van der Waals surface area contributed by atoms with Crippen LogP contribution >= 0.6 is 12.4 Å². The van der Waals surface area contributed by atoms with Crippen LogP contribution in [0.25, 0.3) is 0 Å². The summed E-state index contributed by atoms with van der Waals surface area (Å²) in [6, 6.07) is 7.53. The molecular formula is C14H21ClN2O. The number of carbonyl (C=O) groups excluding carboxylic acids is 1. The van der Waals surface area contributed by atoms with Gasteiger partial charge in [-0.05, 0) is 49.9 Å². The lowest BCUT2D eigenvalue weighted by atomic mass is 9.94. The Balaban J connectivity index is 0.00000162. The van der Waals surface area contributed by atoms with Crippen molar-refractivity contribution in [3.63, 3.8) is 0 Å². The first-order valence-electron chi connectivity index (χ1n) is 6.24. The Bertz CT molecular complexity index is 405. The lowest BCUT2D eigenvalue weighted by Crippen LogP contribution is -2.44. The van der Waals surface area contributed by atoms with E-state index in [2.05, 4.69) is 13.8 Å². The molecule has 1 aromatic rings. The maximum atomic E-state index is 12.4. The van der Waals surface area contributed by atoms with E-state index in [4.69, 9.17) is 5.73 Å². The molecule has 1 heterocycles. The monoisotopic (exact) mass is 268 g/mol. The highest BCUT2D eigenvalue weighted by Gasteiger charge is 2.27. The second kappa shape index (κ2) is 6.10. The maximum Gasteiger partial charge on any atom is 0.254 e. The van der Waals surface area contributed by atoms with Crippen LogP contribution in [0.1, 0.15) is 37.0 Å². The molecule has 1 fully saturated rings. The van der Waals surface area contributed by atoms with E-state index < -0.39 is 0 Å². The molecule has 1 saturated heterocycles. The van der Waals surface area contributed by atoms with Crippen LogP contribution in [0, 0.1) is 5.92 Å². The molecule has 0 aromatic heterocycles. The summed E-state index contributed by atoms with van der Waals surface area (Å²) in [7, 11) is 0. The molecule has 2 atom stereocenters. The summed E-state index contributed by atoms with van der Waals surface area (Å²) >= 11 is 0. The third kappa shape index (κ3) is 3.16. The topological polar surface area (TPSA) is 46.3 Å². The van der Waals surface area contributed by atoms with Crippen LogP contribution in [0.15, 0.2) is 24.3 Å². The first-order valence-corrected chi connectivity index (χ1v) is 6.24. The molecular weight excluding hydrogens is 248 g/mol. The third-order valence-corrected chi connectivity index (χ3v) is 3.54. The van der Waals surface area contributed by atoms with E-state index in [1.54, 1.807) is 12.1 Å². The number of nitrogens with zero attached hydrogens (tertiary/aromatic N) is 1. The second-order valence-electron chi connectivity index (χ2n) is 5.11. The zero-order chi connectivity index (χ0) is 12.4. The minimum atomic E-state index is 0. The summed E-state index contributed by atoms with van der Waals surface area (Å²) < 4.78 is 0. The summed E-state index contributed by atoms with van der Waals surface area (Å²) in [6.45, 7) is 5.20. The molecule has 18 heavy (non-hydrogen) atoms. The summed E-state index contributed by atoms with van der Waals surface area (Å²) in [6.07, 6.45) is 2.31. The van der Waals surface area contributed by atoms with Crippen LogP contribution < -0.4 is 5.73 Å². The van der Waals surface area contributed by atoms with E-state index in [1.165, 1.54) is 6.42 Å². The Labute approximate surface area is 115 Å². The van der Waals surface area contributed by atoms with Gasteiger partial charge >= 0.3 is 0 Å². The number of benzene rings is 1. The molecule has 100 valence electrons. The second-order valence-corrected chi connectivity index (χ2v) is 5.11. The van der Waals surface area contributed by atoms with Crippen LogP contribution in [0.5, 0.6) is 0 Å². The summed E-state index contributed by atoms with van der Waals surface area (Å²) in [5.74, 6) is 0.730. The number of halogens is 1. The predicted octanol–water partition coefficient (Wildman–Crippen LogP) is 2.95. The molecule has 1 aliphatic heterocycles. The zero-order valence-corrected chi connectivity index (χ0v) is 11.7. The van der Waals surface area contributed by atoms with Crippen LogP contribution in [-0.4, -0.2) is 23.4 Å². The number of carbonyl (C=O) groups is 1. The fraction of sp³-hybridized carbons (Fsp3) is 0.500. The van der Waals surface area contributed by atoms with Gasteiger partial charge in [0.2, 0.25) is 0 Å². The average molecular weight is 269 g/mol. The fourth-order valence-electron chi connectivity index (χ4n) is 2.36. The third-order valence-electron chi connectivity index (χ3n) is 3.54. The number of hydrogen-bond acceptors (Lipinski definition) is 2. The number of piperidine rings is 1. The molecule has 1 aliphatic rings. The van der Waals surface area contributed by atoms with Gasteiger partial charge in [-0.15, -0.1) is 12.4 Å². The van der Waals surface area contributed by atoms with Crippen molar-refractivity contribution in [2.45, 2.75) is 32.7 Å². The van der Waals surface area contributed by atoms with Gasteiger partial charge in [0.1, 0.15) is 0 Å². The van der Waals surface area contributed by atoms with Crippen LogP contribution in [0.3, 0.4) is 0 Å². The van der Waals surface area contributed by atoms with E-state index >= 15 is 0 Å². The number of rotatable bonds is 1. The van der Waals surface area contributed by atoms with Gasteiger partial charge in [-0.1, -0.05) is 6.92 Å². The first-order chi connectivity index (χ1) is 8.08. The van der Waals surface area contributed by atoms with E-state index in [0.29, 0.717) is 17.6 Å². The van der Waals surface area contributed by atoms with Gasteiger partial charge in [-0.3, -0.25) is 4.79 Å². The van der Waals surface area contributed by atoms with Crippen molar-refractivity contribution in [2.24, 2.45) is 5.92 Å². The van der Waals surface area contributed by atoms with Crippen molar-refractivity contribution in [1.82, 2.24) is 4.90 Å². The van der Waals surface area contributed by atoms with E-state index in [9.17, 15) is 4.79 Å². The van der Waals surface area contributed by atoms with E-state index in [0.717, 1.165) is 18.5 Å². The summed E-state index contributed by atoms with van der Waals surface area (Å²) in [5, 5.41) is 0. The molecule has 0 radical (unpaired) electrons. The first kappa shape index (κ1) is 14.8. The fourth-order valence-corrected chi connectivity index (χ4v) is 2.36. The van der Waals surface area contributed by atoms with Gasteiger partial charge < -0.3 is 10.6 Å². The van der Waals surface area contributed by atoms with E-state index in [-0.39, 0.29) is 18.3 Å². The zero-order valence-electron chi connectivity index (χ0n) is 10.9. The van der Waals surface area contributed by atoms with Gasteiger partial charge in [0.05, 0.1) is 0 Å². The molecule has 1 amide bonds. The molecule has 2 unspecified atom stereocenters. The van der Waals surface area contributed by atoms with Crippen molar-refractivity contribution in [3.8, 4) is 0 Å². The molecule has 2 N–H and O–H groups in total. The minimum Gasteiger partial charge on any atom is -0.399 e. The molecule has 2 rings (SSSR count). The average Bonchev–Trinajstić information content (AvgIpc) is 2.32. The number of anilines is 1. The van der Waals surface area contributed by atoms with Gasteiger partial charge in [0.25, 0.3) is 5.91 Å². The highest BCUT2D eigenvalue weighted by Crippen LogP contribution is 2.23. The molecule has 0 spiro atoms. The Hall–Kier alpha value is -1.22. The van der Waals surface area contributed by atoms with Crippen LogP contribution in [-0.2, 0) is 0 Å². The maximum absolute atomic E-state index is 12.4. The lowest BCUT2D eigenvalue weighted by Gasteiger charge is -2.36. The standard InChI is InChI=1S/C14H20N2O.ClH/c1-10-3-4-11(2)16(9-10)14(17)12-5-7-13(15)8-6-12;/h5-8,10-11H,3-4,9,15H2,1-2H3;1H. The van der Waals surface area contributed by atoms with Crippen molar-refractivity contribution < 1.29 is 4.79 Å². The van der Waals surface area contributed by atoms with Crippen LogP contribution in [0.4, 0.5) is 5.69 Å². The largest absolute Gasteiger partial charge is 0.399 e. The van der Waals surface area contributed by atoms with E-state index in [1.807, 2.05) is 17.0 Å². The van der Waals surface area contributed by atoms with Crippen molar-refractivity contribution in [3.05, 3.63) is 29.8 Å². The van der Waals surface area contributed by atoms with Gasteiger partial charge in [-0.2, -0.15) is 0 Å². The van der Waals surface area contributed by atoms with Crippen molar-refractivity contribution in [2.75, 3.05) is 12.3 Å². The van der Waals surface area contributed by atoms with Gasteiger partial charge in [0.15, 0.2) is 0 Å². The normalized spacial score (nSPS) is 23.3. The highest BCUT2D eigenvalue weighted by molar-refractivity contribution is 5.94. The van der Waals surface area contributed by atoms with Gasteiger partial charge in [-0.25, -0.2) is 0 Å². The lowest BCUT2D eigenvalue weighted by molar-refractivity contribution is 0.0574. The highest BCUT2D eigenvalue weighted by atomic mass is 35.5. The van der Waals surface area contributed by atoms with Crippen molar-refractivity contribution in [1.29, 1.82) is 0 Å². The molecule has 4 heteroatoms. The number of amides is 1. The Morgan fingerprint density at radius 3 is 2.44 bits per heavy atom. The smallest absolute Gasteiger partial charge is 0.254 e. The molecule has 0 saturated carbocycles. The Morgan fingerprint density at radius 1 is 1.22 bits per heavy atom. The molecule has 0 bridgehead atoms. The summed E-state index contributed by atoms with van der Waals surface area (Å²) in [5.41, 5.74) is 7.06. The number of nitrogen functional groups attached to an aromatic ring is 1. The number of hydrogen-bond donors (Lipinski definition) is 1.